The third kappa shape index (κ3) is 1.69. The molecule has 1 N–H and O–H groups in total. The van der Waals surface area contributed by atoms with E-state index in [9.17, 15) is 0 Å². The van der Waals surface area contributed by atoms with Gasteiger partial charge in [0.15, 0.2) is 0 Å². The molecule has 0 aromatic heterocycles. The maximum absolute atomic E-state index is 3.73. The lowest BCUT2D eigenvalue weighted by Crippen LogP contribution is -2.41. The van der Waals surface area contributed by atoms with Crippen molar-refractivity contribution in [3.63, 3.8) is 0 Å². The number of allylic oxidation sites excluding steroid dienone is 1. The summed E-state index contributed by atoms with van der Waals surface area (Å²) in [6.45, 7) is 3.48. The van der Waals surface area contributed by atoms with Crippen LogP contribution >= 0.6 is 0 Å². The molecule has 1 nitrogen and oxygen atoms in total. The highest BCUT2D eigenvalue weighted by Gasteiger charge is 2.33. The molecule has 0 spiro atoms. The van der Waals surface area contributed by atoms with Crippen LogP contribution in [0.15, 0.2) is 42.0 Å². The van der Waals surface area contributed by atoms with Gasteiger partial charge in [-0.25, -0.2) is 0 Å². The Labute approximate surface area is 97.6 Å². The van der Waals surface area contributed by atoms with Crippen molar-refractivity contribution in [3.05, 3.63) is 47.5 Å². The van der Waals surface area contributed by atoms with Gasteiger partial charge in [-0.1, -0.05) is 42.0 Å². The molecule has 0 radical (unpaired) electrons. The largest absolute Gasteiger partial charge is 0.309 e. The van der Waals surface area contributed by atoms with Gasteiger partial charge >= 0.3 is 0 Å². The van der Waals surface area contributed by atoms with Crippen molar-refractivity contribution in [2.75, 3.05) is 6.54 Å². The molecule has 2 aliphatic rings. The number of hydrogen-bond acceptors (Lipinski definition) is 1. The second-order valence-electron chi connectivity index (χ2n) is 5.19. The highest BCUT2D eigenvalue weighted by molar-refractivity contribution is 5.25. The summed E-state index contributed by atoms with van der Waals surface area (Å²) in [5, 5.41) is 3.73. The predicted molar refractivity (Wildman–Crippen MR) is 67.2 cm³/mol. The van der Waals surface area contributed by atoms with Crippen molar-refractivity contribution in [1.29, 1.82) is 0 Å². The van der Waals surface area contributed by atoms with Crippen molar-refractivity contribution >= 4 is 0 Å². The molecule has 1 aromatic rings. The summed E-state index contributed by atoms with van der Waals surface area (Å²) in [5.41, 5.74) is 3.03. The molecule has 84 valence electrons. The van der Waals surface area contributed by atoms with Gasteiger partial charge in [0.05, 0.1) is 0 Å². The first-order chi connectivity index (χ1) is 7.84. The maximum atomic E-state index is 3.73. The van der Waals surface area contributed by atoms with E-state index in [1.54, 1.807) is 5.57 Å². The summed E-state index contributed by atoms with van der Waals surface area (Å²) in [6, 6.07) is 11.4. The third-order valence-electron chi connectivity index (χ3n) is 4.13. The van der Waals surface area contributed by atoms with Crippen molar-refractivity contribution in [1.82, 2.24) is 5.32 Å². The number of benzene rings is 1. The molecule has 0 amide bonds. The Morgan fingerprint density at radius 3 is 2.81 bits per heavy atom. The molecular weight excluding hydrogens is 194 g/mol. The monoisotopic (exact) mass is 213 g/mol. The Bertz CT molecular complexity index is 393. The average molecular weight is 213 g/mol. The zero-order valence-corrected chi connectivity index (χ0v) is 9.82. The van der Waals surface area contributed by atoms with Crippen LogP contribution in [0.3, 0.4) is 0 Å². The molecule has 1 heterocycles. The minimum absolute atomic E-state index is 0.536. The molecular formula is C15H19N. The van der Waals surface area contributed by atoms with E-state index in [4.69, 9.17) is 0 Å². The average Bonchev–Trinajstić information content (AvgIpc) is 2.36. The number of nitrogens with one attached hydrogen (secondary N) is 1. The molecule has 3 atom stereocenters. The van der Waals surface area contributed by atoms with Crippen LogP contribution in [0.1, 0.15) is 31.4 Å². The Kier molecular flexibility index (Phi) is 2.56. The lowest BCUT2D eigenvalue weighted by Gasteiger charge is -2.41. The molecule has 1 aliphatic carbocycles. The Morgan fingerprint density at radius 1 is 1.19 bits per heavy atom. The molecule has 1 saturated heterocycles. The highest BCUT2D eigenvalue weighted by atomic mass is 14.9. The van der Waals surface area contributed by atoms with E-state index in [0.717, 1.165) is 11.8 Å². The van der Waals surface area contributed by atoms with Crippen LogP contribution in [0, 0.1) is 11.8 Å². The van der Waals surface area contributed by atoms with Crippen molar-refractivity contribution in [2.24, 2.45) is 11.8 Å². The molecule has 16 heavy (non-hydrogen) atoms. The first-order valence-electron chi connectivity index (χ1n) is 6.29. The fraction of sp³-hybridized carbons (Fsp3) is 0.467. The molecule has 1 heteroatoms. The van der Waals surface area contributed by atoms with Crippen molar-refractivity contribution in [3.8, 4) is 0 Å². The lowest BCUT2D eigenvalue weighted by atomic mass is 9.73. The maximum Gasteiger partial charge on any atom is 0.0386 e. The number of hydrogen-bond donors (Lipinski definition) is 1. The molecule has 2 bridgehead atoms. The number of piperidine rings is 1. The van der Waals surface area contributed by atoms with Crippen LogP contribution < -0.4 is 5.32 Å². The standard InChI is InChI=1S/C15H19N/c1-11-7-8-12-9-14(11)15(16-10-12)13-5-3-2-4-6-13/h2-7,12,14-16H,8-10H2,1H3/t12-,14-,15+/m1/s1. The summed E-state index contributed by atoms with van der Waals surface area (Å²) in [4.78, 5) is 0. The van der Waals surface area contributed by atoms with Gasteiger partial charge in [0.2, 0.25) is 0 Å². The molecule has 3 rings (SSSR count). The zero-order valence-electron chi connectivity index (χ0n) is 9.82. The van der Waals surface area contributed by atoms with Crippen LogP contribution in [0.4, 0.5) is 0 Å². The van der Waals surface area contributed by atoms with Crippen LogP contribution in [0.25, 0.3) is 0 Å². The topological polar surface area (TPSA) is 12.0 Å². The van der Waals surface area contributed by atoms with Gasteiger partial charge in [-0.15, -0.1) is 0 Å². The second-order valence-corrected chi connectivity index (χ2v) is 5.19. The first-order valence-corrected chi connectivity index (χ1v) is 6.29. The molecule has 1 aromatic carbocycles. The van der Waals surface area contributed by atoms with Crippen molar-refractivity contribution < 1.29 is 0 Å². The fourth-order valence-electron chi connectivity index (χ4n) is 3.16. The minimum Gasteiger partial charge on any atom is -0.309 e. The first kappa shape index (κ1) is 10.1. The summed E-state index contributed by atoms with van der Waals surface area (Å²) in [7, 11) is 0. The van der Waals surface area contributed by atoms with Crippen LogP contribution in [0.2, 0.25) is 0 Å². The summed E-state index contributed by atoms with van der Waals surface area (Å²) < 4.78 is 0. The third-order valence-corrected chi connectivity index (χ3v) is 4.13. The molecule has 1 aliphatic heterocycles. The number of fused-ring (bicyclic) bond motifs is 2. The van der Waals surface area contributed by atoms with E-state index in [1.807, 2.05) is 0 Å². The minimum atomic E-state index is 0.536. The van der Waals surface area contributed by atoms with Gasteiger partial charge in [0.25, 0.3) is 0 Å². The van der Waals surface area contributed by atoms with E-state index in [1.165, 1.54) is 24.9 Å². The van der Waals surface area contributed by atoms with Gasteiger partial charge < -0.3 is 5.32 Å². The van der Waals surface area contributed by atoms with Crippen LogP contribution in [0.5, 0.6) is 0 Å². The van der Waals surface area contributed by atoms with Gasteiger partial charge in [0.1, 0.15) is 0 Å². The Balaban J connectivity index is 1.91. The lowest BCUT2D eigenvalue weighted by molar-refractivity contribution is 0.233. The number of rotatable bonds is 1. The Hall–Kier alpha value is -1.08. The second kappa shape index (κ2) is 4.06. The molecule has 0 saturated carbocycles. The SMILES string of the molecule is CC1=CC[C@H]2CN[C@@H](c3ccccc3)[C@@H]1C2. The quantitative estimate of drug-likeness (QED) is 0.706. The van der Waals surface area contributed by atoms with Gasteiger partial charge in [-0.2, -0.15) is 0 Å². The summed E-state index contributed by atoms with van der Waals surface area (Å²) in [5.74, 6) is 1.59. The van der Waals surface area contributed by atoms with Gasteiger partial charge in [-0.3, -0.25) is 0 Å². The van der Waals surface area contributed by atoms with Gasteiger partial charge in [0, 0.05) is 6.04 Å². The van der Waals surface area contributed by atoms with Crippen LogP contribution in [-0.4, -0.2) is 6.54 Å². The van der Waals surface area contributed by atoms with E-state index < -0.39 is 0 Å². The Morgan fingerprint density at radius 2 is 2.00 bits per heavy atom. The van der Waals surface area contributed by atoms with Crippen molar-refractivity contribution in [2.45, 2.75) is 25.8 Å². The van der Waals surface area contributed by atoms with Crippen LogP contribution in [-0.2, 0) is 0 Å². The smallest absolute Gasteiger partial charge is 0.0386 e. The zero-order chi connectivity index (χ0) is 11.0. The normalized spacial score (nSPS) is 33.3. The van der Waals surface area contributed by atoms with E-state index >= 15 is 0 Å². The van der Waals surface area contributed by atoms with Gasteiger partial charge in [-0.05, 0) is 43.7 Å². The molecule has 0 unspecified atom stereocenters. The summed E-state index contributed by atoms with van der Waals surface area (Å²) >= 11 is 0. The van der Waals surface area contributed by atoms with E-state index in [2.05, 4.69) is 48.6 Å². The summed E-state index contributed by atoms with van der Waals surface area (Å²) in [6.07, 6.45) is 5.10. The predicted octanol–water partition coefficient (Wildman–Crippen LogP) is 3.30. The van der Waals surface area contributed by atoms with E-state index in [0.29, 0.717) is 6.04 Å². The fourth-order valence-corrected chi connectivity index (χ4v) is 3.16. The molecule has 1 fully saturated rings. The van der Waals surface area contributed by atoms with E-state index in [-0.39, 0.29) is 0 Å². The highest BCUT2D eigenvalue weighted by Crippen LogP contribution is 2.40.